The number of hydrogen-bond acceptors (Lipinski definition) is 4. The molecule has 0 aliphatic carbocycles. The summed E-state index contributed by atoms with van der Waals surface area (Å²) in [5.74, 6) is 0. The molecule has 0 aliphatic rings. The zero-order valence-corrected chi connectivity index (χ0v) is 13.2. The second kappa shape index (κ2) is 7.74. The van der Waals surface area contributed by atoms with Crippen LogP contribution in [0.4, 0.5) is 5.13 Å². The molecule has 0 aliphatic heterocycles. The average Bonchev–Trinajstić information content (AvgIpc) is 2.66. The van der Waals surface area contributed by atoms with Crippen molar-refractivity contribution in [3.8, 4) is 0 Å². The second-order valence-electron chi connectivity index (χ2n) is 5.03. The fourth-order valence-electron chi connectivity index (χ4n) is 1.97. The molecule has 104 valence electrons. The second-order valence-corrected chi connectivity index (χ2v) is 6.09. The van der Waals surface area contributed by atoms with Gasteiger partial charge in [-0.2, -0.15) is 0 Å². The predicted molar refractivity (Wildman–Crippen MR) is 81.6 cm³/mol. The monoisotopic (exact) mass is 269 g/mol. The molecule has 0 aromatic carbocycles. The molecule has 4 heteroatoms. The van der Waals surface area contributed by atoms with E-state index in [9.17, 15) is 0 Å². The molecule has 0 amide bonds. The van der Waals surface area contributed by atoms with Gasteiger partial charge in [-0.15, -0.1) is 11.3 Å². The molecule has 0 bridgehead atoms. The summed E-state index contributed by atoms with van der Waals surface area (Å²) in [6.45, 7) is 10.9. The third-order valence-corrected chi connectivity index (χ3v) is 4.28. The lowest BCUT2D eigenvalue weighted by atomic mass is 10.2. The molecule has 0 radical (unpaired) electrons. The van der Waals surface area contributed by atoms with Crippen LogP contribution in [0.1, 0.15) is 50.6 Å². The third kappa shape index (κ3) is 4.25. The normalized spacial score (nSPS) is 11.2. The minimum Gasteiger partial charge on any atom is -0.346 e. The van der Waals surface area contributed by atoms with Crippen molar-refractivity contribution in [2.45, 2.75) is 59.5 Å². The van der Waals surface area contributed by atoms with Crippen LogP contribution in [-0.4, -0.2) is 24.6 Å². The molecule has 0 saturated carbocycles. The van der Waals surface area contributed by atoms with Crippen molar-refractivity contribution in [1.82, 2.24) is 10.3 Å². The first kappa shape index (κ1) is 15.4. The van der Waals surface area contributed by atoms with Gasteiger partial charge in [-0.3, -0.25) is 0 Å². The first-order chi connectivity index (χ1) is 8.60. The number of aromatic nitrogens is 1. The molecule has 18 heavy (non-hydrogen) atoms. The highest BCUT2D eigenvalue weighted by Crippen LogP contribution is 2.27. The number of nitrogens with one attached hydrogen (secondary N) is 1. The van der Waals surface area contributed by atoms with E-state index < -0.39 is 0 Å². The van der Waals surface area contributed by atoms with Gasteiger partial charge in [0.1, 0.15) is 0 Å². The standard InChI is InChI=1S/C14H27N3S/c1-6-7-8-9-17(11(2)3)14-16-12(4)13(18-14)10-15-5/h11,15H,6-10H2,1-5H3. The minimum atomic E-state index is 0.523. The smallest absolute Gasteiger partial charge is 0.186 e. The van der Waals surface area contributed by atoms with E-state index in [0.29, 0.717) is 6.04 Å². The molecule has 3 nitrogen and oxygen atoms in total. The van der Waals surface area contributed by atoms with E-state index >= 15 is 0 Å². The van der Waals surface area contributed by atoms with Crippen LogP contribution in [0.25, 0.3) is 0 Å². The van der Waals surface area contributed by atoms with Crippen LogP contribution in [-0.2, 0) is 6.54 Å². The van der Waals surface area contributed by atoms with Gasteiger partial charge in [-0.25, -0.2) is 4.98 Å². The topological polar surface area (TPSA) is 28.2 Å². The molecule has 0 fully saturated rings. The van der Waals surface area contributed by atoms with Crippen molar-refractivity contribution in [2.75, 3.05) is 18.5 Å². The molecular weight excluding hydrogens is 242 g/mol. The number of hydrogen-bond donors (Lipinski definition) is 1. The summed E-state index contributed by atoms with van der Waals surface area (Å²) in [7, 11) is 1.99. The van der Waals surface area contributed by atoms with E-state index in [1.807, 2.05) is 18.4 Å². The lowest BCUT2D eigenvalue weighted by molar-refractivity contribution is 0.624. The predicted octanol–water partition coefficient (Wildman–Crippen LogP) is 3.58. The fraction of sp³-hybridized carbons (Fsp3) is 0.786. The fourth-order valence-corrected chi connectivity index (χ4v) is 3.20. The van der Waals surface area contributed by atoms with Crippen LogP contribution in [0.15, 0.2) is 0 Å². The lowest BCUT2D eigenvalue weighted by Crippen LogP contribution is -2.31. The van der Waals surface area contributed by atoms with Crippen molar-refractivity contribution in [3.05, 3.63) is 10.6 Å². The Balaban J connectivity index is 2.75. The largest absolute Gasteiger partial charge is 0.346 e. The zero-order valence-electron chi connectivity index (χ0n) is 12.4. The van der Waals surface area contributed by atoms with Gasteiger partial charge in [-0.05, 0) is 34.2 Å². The van der Waals surface area contributed by atoms with Crippen molar-refractivity contribution in [1.29, 1.82) is 0 Å². The van der Waals surface area contributed by atoms with Gasteiger partial charge in [0.05, 0.1) is 5.69 Å². The maximum Gasteiger partial charge on any atom is 0.186 e. The molecule has 0 atom stereocenters. The average molecular weight is 269 g/mol. The van der Waals surface area contributed by atoms with Crippen LogP contribution in [0.2, 0.25) is 0 Å². The molecule has 1 rings (SSSR count). The van der Waals surface area contributed by atoms with Crippen molar-refractivity contribution >= 4 is 16.5 Å². The Labute approximate surface area is 116 Å². The van der Waals surface area contributed by atoms with Crippen LogP contribution in [0.5, 0.6) is 0 Å². The van der Waals surface area contributed by atoms with Crippen molar-refractivity contribution < 1.29 is 0 Å². The summed E-state index contributed by atoms with van der Waals surface area (Å²) in [4.78, 5) is 8.53. The van der Waals surface area contributed by atoms with Gasteiger partial charge in [0.25, 0.3) is 0 Å². The summed E-state index contributed by atoms with van der Waals surface area (Å²) >= 11 is 1.83. The Bertz CT molecular complexity index is 347. The molecule has 0 unspecified atom stereocenters. The number of rotatable bonds is 8. The summed E-state index contributed by atoms with van der Waals surface area (Å²) in [5, 5.41) is 4.39. The van der Waals surface area contributed by atoms with Gasteiger partial charge in [-0.1, -0.05) is 19.8 Å². The summed E-state index contributed by atoms with van der Waals surface area (Å²) in [6.07, 6.45) is 3.83. The van der Waals surface area contributed by atoms with E-state index in [4.69, 9.17) is 4.98 Å². The number of nitrogens with zero attached hydrogens (tertiary/aromatic N) is 2. The summed E-state index contributed by atoms with van der Waals surface area (Å²) < 4.78 is 0. The number of anilines is 1. The van der Waals surface area contributed by atoms with Gasteiger partial charge >= 0.3 is 0 Å². The quantitative estimate of drug-likeness (QED) is 0.731. The van der Waals surface area contributed by atoms with E-state index in [0.717, 1.165) is 13.1 Å². The third-order valence-electron chi connectivity index (χ3n) is 3.09. The van der Waals surface area contributed by atoms with E-state index in [1.54, 1.807) is 0 Å². The SMILES string of the molecule is CCCCCN(c1nc(C)c(CNC)s1)C(C)C. The molecule has 0 saturated heterocycles. The first-order valence-electron chi connectivity index (χ1n) is 6.97. The Morgan fingerprint density at radius 1 is 1.33 bits per heavy atom. The molecule has 1 heterocycles. The number of thiazole rings is 1. The zero-order chi connectivity index (χ0) is 13.5. The van der Waals surface area contributed by atoms with Gasteiger partial charge < -0.3 is 10.2 Å². The Hall–Kier alpha value is -0.610. The molecule has 1 aromatic heterocycles. The minimum absolute atomic E-state index is 0.523. The van der Waals surface area contributed by atoms with Crippen LogP contribution in [0, 0.1) is 6.92 Å². The molecule has 1 N–H and O–H groups in total. The van der Waals surface area contributed by atoms with Gasteiger partial charge in [0, 0.05) is 24.0 Å². The highest BCUT2D eigenvalue weighted by molar-refractivity contribution is 7.15. The molecular formula is C14H27N3S. The molecule has 0 spiro atoms. The van der Waals surface area contributed by atoms with Crippen LogP contribution >= 0.6 is 11.3 Å². The van der Waals surface area contributed by atoms with Crippen molar-refractivity contribution in [3.63, 3.8) is 0 Å². The Morgan fingerprint density at radius 3 is 2.61 bits per heavy atom. The number of unbranched alkanes of at least 4 members (excludes halogenated alkanes) is 2. The maximum atomic E-state index is 4.73. The van der Waals surface area contributed by atoms with Gasteiger partial charge in [0.15, 0.2) is 5.13 Å². The molecule has 1 aromatic rings. The summed E-state index contributed by atoms with van der Waals surface area (Å²) in [5.41, 5.74) is 1.17. The van der Waals surface area contributed by atoms with E-state index in [2.05, 4.69) is 37.9 Å². The Morgan fingerprint density at radius 2 is 2.06 bits per heavy atom. The van der Waals surface area contributed by atoms with Crippen LogP contribution < -0.4 is 10.2 Å². The van der Waals surface area contributed by atoms with Crippen LogP contribution in [0.3, 0.4) is 0 Å². The van der Waals surface area contributed by atoms with Gasteiger partial charge in [0.2, 0.25) is 0 Å². The maximum absolute atomic E-state index is 4.73. The van der Waals surface area contributed by atoms with Crippen molar-refractivity contribution in [2.24, 2.45) is 0 Å². The Kier molecular flexibility index (Phi) is 6.65. The van der Waals surface area contributed by atoms with E-state index in [-0.39, 0.29) is 0 Å². The number of aryl methyl sites for hydroxylation is 1. The lowest BCUT2D eigenvalue weighted by Gasteiger charge is -2.26. The summed E-state index contributed by atoms with van der Waals surface area (Å²) in [6, 6.07) is 0.523. The highest BCUT2D eigenvalue weighted by atomic mass is 32.1. The highest BCUT2D eigenvalue weighted by Gasteiger charge is 2.16. The first-order valence-corrected chi connectivity index (χ1v) is 7.79. The van der Waals surface area contributed by atoms with E-state index in [1.165, 1.54) is 35.0 Å².